The highest BCUT2D eigenvalue weighted by molar-refractivity contribution is 9.10. The first kappa shape index (κ1) is 14.4. The van der Waals surface area contributed by atoms with Crippen molar-refractivity contribution in [2.45, 2.75) is 0 Å². The average molecular weight is 377 g/mol. The van der Waals surface area contributed by atoms with Crippen molar-refractivity contribution in [3.8, 4) is 0 Å². The summed E-state index contributed by atoms with van der Waals surface area (Å²) in [6, 6.07) is 5.35. The molecule has 0 unspecified atom stereocenters. The van der Waals surface area contributed by atoms with E-state index in [1.807, 2.05) is 12.1 Å². The first-order chi connectivity index (χ1) is 11.1. The number of carbonyl (C=O) groups is 1. The first-order valence-corrected chi connectivity index (χ1v) is 7.98. The Hall–Kier alpha value is -2.19. The maximum absolute atomic E-state index is 11.4. The number of nitrogens with one attached hydrogen (secondary N) is 1. The van der Waals surface area contributed by atoms with Gasteiger partial charge in [0.1, 0.15) is 16.1 Å². The second kappa shape index (κ2) is 5.47. The highest BCUT2D eigenvalue weighted by atomic mass is 79.9. The molecule has 118 valence electrons. The Labute approximate surface area is 139 Å². The fraction of sp³-hybridized carbons (Fsp3) is 0.267. The van der Waals surface area contributed by atoms with E-state index in [0.717, 1.165) is 24.3 Å². The van der Waals surface area contributed by atoms with E-state index in [1.165, 1.54) is 6.07 Å². The number of aromatic nitrogens is 3. The van der Waals surface area contributed by atoms with Gasteiger partial charge in [0.05, 0.1) is 29.8 Å². The third-order valence-corrected chi connectivity index (χ3v) is 4.34. The van der Waals surface area contributed by atoms with Gasteiger partial charge in [0.25, 0.3) is 0 Å². The largest absolute Gasteiger partial charge is 0.478 e. The number of pyridine rings is 2. The molecule has 8 heteroatoms. The van der Waals surface area contributed by atoms with E-state index in [2.05, 4.69) is 35.8 Å². The monoisotopic (exact) mass is 376 g/mol. The minimum atomic E-state index is -1.00. The summed E-state index contributed by atoms with van der Waals surface area (Å²) in [5, 5.41) is 10.2. The van der Waals surface area contributed by atoms with Crippen LogP contribution in [0, 0.1) is 0 Å². The number of anilines is 1. The lowest BCUT2D eigenvalue weighted by molar-refractivity contribution is 0.0698. The lowest BCUT2D eigenvalue weighted by atomic mass is 10.2. The van der Waals surface area contributed by atoms with E-state index in [1.54, 1.807) is 0 Å². The van der Waals surface area contributed by atoms with Gasteiger partial charge < -0.3 is 19.7 Å². The third-order valence-electron chi connectivity index (χ3n) is 3.93. The minimum Gasteiger partial charge on any atom is -0.478 e. The van der Waals surface area contributed by atoms with Crippen molar-refractivity contribution in [1.82, 2.24) is 15.0 Å². The van der Waals surface area contributed by atoms with Gasteiger partial charge in [-0.3, -0.25) is 0 Å². The third kappa shape index (κ3) is 2.43. The topological polar surface area (TPSA) is 91.3 Å². The maximum atomic E-state index is 11.4. The summed E-state index contributed by atoms with van der Waals surface area (Å²) in [4.78, 5) is 25.7. The zero-order chi connectivity index (χ0) is 16.0. The van der Waals surface area contributed by atoms with Crippen molar-refractivity contribution in [3.05, 3.63) is 28.4 Å². The minimum absolute atomic E-state index is 0.174. The molecule has 3 aromatic heterocycles. The SMILES string of the molecule is O=C(O)c1cc(Br)nc2c1[nH]c1nc(N3CCOCC3)ccc12. The molecule has 2 N–H and O–H groups in total. The summed E-state index contributed by atoms with van der Waals surface area (Å²) in [5.41, 5.74) is 1.90. The van der Waals surface area contributed by atoms with Crippen LogP contribution in [0.1, 0.15) is 10.4 Å². The lowest BCUT2D eigenvalue weighted by Gasteiger charge is -2.27. The van der Waals surface area contributed by atoms with Crippen molar-refractivity contribution in [1.29, 1.82) is 0 Å². The van der Waals surface area contributed by atoms with Gasteiger partial charge in [-0.25, -0.2) is 14.8 Å². The Morgan fingerprint density at radius 2 is 2.09 bits per heavy atom. The van der Waals surface area contributed by atoms with E-state index < -0.39 is 5.97 Å². The van der Waals surface area contributed by atoms with Gasteiger partial charge >= 0.3 is 5.97 Å². The standard InChI is InChI=1S/C15H13BrN4O3/c16-10-7-9(15(21)22)13-12(17-10)8-1-2-11(18-14(8)19-13)20-3-5-23-6-4-20/h1-2,7H,3-6H2,(H,18,19)(H,21,22). The van der Waals surface area contributed by atoms with Crippen LogP contribution in [0.25, 0.3) is 22.1 Å². The van der Waals surface area contributed by atoms with Crippen LogP contribution in [0.5, 0.6) is 0 Å². The number of carboxylic acids is 1. The molecule has 7 nitrogen and oxygen atoms in total. The number of H-pyrrole nitrogens is 1. The van der Waals surface area contributed by atoms with Gasteiger partial charge in [-0.2, -0.15) is 0 Å². The van der Waals surface area contributed by atoms with Gasteiger partial charge in [-0.1, -0.05) is 0 Å². The van der Waals surface area contributed by atoms with Gasteiger partial charge in [-0.15, -0.1) is 0 Å². The smallest absolute Gasteiger partial charge is 0.337 e. The molecule has 0 atom stereocenters. The number of ether oxygens (including phenoxy) is 1. The molecule has 1 fully saturated rings. The number of aromatic amines is 1. The summed E-state index contributed by atoms with van der Waals surface area (Å²) in [6.07, 6.45) is 0. The lowest BCUT2D eigenvalue weighted by Crippen LogP contribution is -2.36. The molecular formula is C15H13BrN4O3. The molecule has 1 aliphatic rings. The summed E-state index contributed by atoms with van der Waals surface area (Å²) >= 11 is 3.27. The molecule has 0 radical (unpaired) electrons. The number of aromatic carboxylic acids is 1. The van der Waals surface area contributed by atoms with Crippen LogP contribution in [0.4, 0.5) is 5.82 Å². The molecule has 1 aliphatic heterocycles. The molecule has 4 heterocycles. The Balaban J connectivity index is 1.90. The maximum Gasteiger partial charge on any atom is 0.337 e. The van der Waals surface area contributed by atoms with E-state index in [9.17, 15) is 9.90 Å². The van der Waals surface area contributed by atoms with Gasteiger partial charge in [0.15, 0.2) is 0 Å². The molecule has 0 bridgehead atoms. The number of rotatable bonds is 2. The molecule has 0 aromatic carbocycles. The van der Waals surface area contributed by atoms with Gasteiger partial charge in [0, 0.05) is 18.5 Å². The molecular weight excluding hydrogens is 364 g/mol. The summed E-state index contributed by atoms with van der Waals surface area (Å²) in [5.74, 6) is -0.152. The molecule has 3 aromatic rings. The summed E-state index contributed by atoms with van der Waals surface area (Å²) in [6.45, 7) is 2.96. The Morgan fingerprint density at radius 3 is 2.83 bits per heavy atom. The fourth-order valence-electron chi connectivity index (χ4n) is 2.83. The zero-order valence-electron chi connectivity index (χ0n) is 12.0. The Kier molecular flexibility index (Phi) is 3.42. The van der Waals surface area contributed by atoms with Gasteiger partial charge in [-0.05, 0) is 34.1 Å². The predicted molar refractivity (Wildman–Crippen MR) is 89.1 cm³/mol. The molecule has 0 saturated carbocycles. The summed E-state index contributed by atoms with van der Waals surface area (Å²) < 4.78 is 5.84. The van der Waals surface area contributed by atoms with E-state index in [4.69, 9.17) is 4.74 Å². The van der Waals surface area contributed by atoms with Crippen LogP contribution < -0.4 is 4.90 Å². The normalized spacial score (nSPS) is 15.4. The number of hydrogen-bond donors (Lipinski definition) is 2. The number of nitrogens with zero attached hydrogens (tertiary/aromatic N) is 3. The van der Waals surface area contributed by atoms with Crippen molar-refractivity contribution < 1.29 is 14.6 Å². The van der Waals surface area contributed by atoms with Gasteiger partial charge in [0.2, 0.25) is 0 Å². The first-order valence-electron chi connectivity index (χ1n) is 7.18. The number of carboxylic acid groups (broad SMARTS) is 1. The van der Waals surface area contributed by atoms with Crippen molar-refractivity contribution in [2.75, 3.05) is 31.2 Å². The molecule has 0 aliphatic carbocycles. The molecule has 1 saturated heterocycles. The Bertz CT molecular complexity index is 918. The molecule has 4 rings (SSSR count). The van der Waals surface area contributed by atoms with Crippen LogP contribution in [0.15, 0.2) is 22.8 Å². The molecule has 0 amide bonds. The van der Waals surface area contributed by atoms with E-state index in [0.29, 0.717) is 34.5 Å². The number of fused-ring (bicyclic) bond motifs is 3. The van der Waals surface area contributed by atoms with Crippen LogP contribution in [0.3, 0.4) is 0 Å². The fourth-order valence-corrected chi connectivity index (χ4v) is 3.23. The summed E-state index contributed by atoms with van der Waals surface area (Å²) in [7, 11) is 0. The number of hydrogen-bond acceptors (Lipinski definition) is 5. The van der Waals surface area contributed by atoms with Crippen LogP contribution in [0.2, 0.25) is 0 Å². The van der Waals surface area contributed by atoms with Crippen molar-refractivity contribution in [3.63, 3.8) is 0 Å². The van der Waals surface area contributed by atoms with E-state index >= 15 is 0 Å². The van der Waals surface area contributed by atoms with Crippen molar-refractivity contribution >= 4 is 49.8 Å². The highest BCUT2D eigenvalue weighted by Gasteiger charge is 2.18. The quantitative estimate of drug-likeness (QED) is 0.667. The average Bonchev–Trinajstić information content (AvgIpc) is 2.92. The molecule has 0 spiro atoms. The number of halogens is 1. The van der Waals surface area contributed by atoms with Crippen LogP contribution in [-0.2, 0) is 4.74 Å². The van der Waals surface area contributed by atoms with Crippen molar-refractivity contribution in [2.24, 2.45) is 0 Å². The number of morpholine rings is 1. The second-order valence-corrected chi connectivity index (χ2v) is 6.12. The second-order valence-electron chi connectivity index (χ2n) is 5.31. The van der Waals surface area contributed by atoms with Crippen LogP contribution in [-0.4, -0.2) is 52.3 Å². The molecule has 23 heavy (non-hydrogen) atoms. The van der Waals surface area contributed by atoms with Crippen LogP contribution >= 0.6 is 15.9 Å². The van der Waals surface area contributed by atoms with E-state index in [-0.39, 0.29) is 5.56 Å². The highest BCUT2D eigenvalue weighted by Crippen LogP contribution is 2.29. The predicted octanol–water partition coefficient (Wildman–Crippen LogP) is 2.41. The zero-order valence-corrected chi connectivity index (χ0v) is 13.6. The Morgan fingerprint density at radius 1 is 1.30 bits per heavy atom.